The first-order chi connectivity index (χ1) is 8.70. The van der Waals surface area contributed by atoms with Crippen LogP contribution in [0.3, 0.4) is 0 Å². The molecular weight excluding hydrogens is 250 g/mol. The van der Waals surface area contributed by atoms with Crippen LogP contribution < -0.4 is 0 Å². The van der Waals surface area contributed by atoms with Crippen LogP contribution >= 0.6 is 0 Å². The van der Waals surface area contributed by atoms with Crippen LogP contribution in [0.2, 0.25) is 0 Å². The number of aliphatic hydroxyl groups is 2. The van der Waals surface area contributed by atoms with Gasteiger partial charge in [0, 0.05) is 18.3 Å². The van der Waals surface area contributed by atoms with Gasteiger partial charge < -0.3 is 10.2 Å². The molecule has 0 aromatic carbocycles. The van der Waals surface area contributed by atoms with E-state index in [-0.39, 0.29) is 12.8 Å². The van der Waals surface area contributed by atoms with E-state index >= 15 is 0 Å². The summed E-state index contributed by atoms with van der Waals surface area (Å²) in [6.07, 6.45) is 7.84. The Morgan fingerprint density at radius 3 is 1.63 bits per heavy atom. The average Bonchev–Trinajstić information content (AvgIpc) is 2.27. The topological polar surface area (TPSA) is 40.5 Å². The van der Waals surface area contributed by atoms with Gasteiger partial charge in [-0.3, -0.25) is 0 Å². The molecule has 0 fully saturated rings. The van der Waals surface area contributed by atoms with Gasteiger partial charge >= 0.3 is 0 Å². The lowest BCUT2D eigenvalue weighted by Gasteiger charge is -2.51. The second-order valence-electron chi connectivity index (χ2n) is 5.77. The number of hydrogen-bond donors (Lipinski definition) is 2. The fraction of sp³-hybridized carbons (Fsp3) is 0.467. The zero-order valence-electron chi connectivity index (χ0n) is 11.0. The van der Waals surface area contributed by atoms with Gasteiger partial charge in [0.2, 0.25) is 0 Å². The SMILES string of the molecule is CC(C)(C1(O)C=CC=C(F)C1)C1(O)C=CC=C(F)C1. The Hall–Kier alpha value is -1.26. The molecule has 2 aliphatic rings. The molecule has 0 aromatic heterocycles. The molecule has 2 nitrogen and oxygen atoms in total. The highest BCUT2D eigenvalue weighted by Crippen LogP contribution is 2.50. The summed E-state index contributed by atoms with van der Waals surface area (Å²) < 4.78 is 26.9. The molecule has 2 atom stereocenters. The largest absolute Gasteiger partial charge is 0.385 e. The molecule has 0 bridgehead atoms. The predicted molar refractivity (Wildman–Crippen MR) is 69.6 cm³/mol. The minimum absolute atomic E-state index is 0.224. The summed E-state index contributed by atoms with van der Waals surface area (Å²) in [5.41, 5.74) is -4.28. The predicted octanol–water partition coefficient (Wildman–Crippen LogP) is 3.10. The third kappa shape index (κ3) is 2.19. The molecule has 0 amide bonds. The molecule has 2 unspecified atom stereocenters. The summed E-state index contributed by atoms with van der Waals surface area (Å²) in [5.74, 6) is -0.921. The van der Waals surface area contributed by atoms with Crippen LogP contribution in [0.25, 0.3) is 0 Å². The molecule has 0 heterocycles. The van der Waals surface area contributed by atoms with Crippen LogP contribution in [0.5, 0.6) is 0 Å². The third-order valence-corrected chi connectivity index (χ3v) is 4.34. The maximum absolute atomic E-state index is 13.4. The fourth-order valence-corrected chi connectivity index (χ4v) is 2.61. The van der Waals surface area contributed by atoms with Crippen LogP contribution in [0.15, 0.2) is 48.1 Å². The lowest BCUT2D eigenvalue weighted by molar-refractivity contribution is -0.137. The van der Waals surface area contributed by atoms with E-state index in [1.54, 1.807) is 13.8 Å². The van der Waals surface area contributed by atoms with Crippen molar-refractivity contribution >= 4 is 0 Å². The van der Waals surface area contributed by atoms with E-state index in [9.17, 15) is 19.0 Å². The minimum Gasteiger partial charge on any atom is -0.385 e. The highest BCUT2D eigenvalue weighted by atomic mass is 19.1. The summed E-state index contributed by atoms with van der Waals surface area (Å²) in [6, 6.07) is 0. The van der Waals surface area contributed by atoms with Crippen LogP contribution in [-0.2, 0) is 0 Å². The van der Waals surface area contributed by atoms with Gasteiger partial charge in [-0.15, -0.1) is 0 Å². The maximum Gasteiger partial charge on any atom is 0.103 e. The van der Waals surface area contributed by atoms with E-state index in [1.807, 2.05) is 0 Å². The Morgan fingerprint density at radius 1 is 0.947 bits per heavy atom. The highest BCUT2D eigenvalue weighted by molar-refractivity contribution is 5.32. The summed E-state index contributed by atoms with van der Waals surface area (Å²) in [6.45, 7) is 3.22. The standard InChI is InChI=1S/C15H18F2O2/c1-13(2,14(18)7-3-5-11(16)9-14)15(19)8-4-6-12(17)10-15/h3-8,18-19H,9-10H2,1-2H3. The van der Waals surface area contributed by atoms with E-state index in [4.69, 9.17) is 0 Å². The summed E-state index contributed by atoms with van der Waals surface area (Å²) >= 11 is 0. The molecular formula is C15H18F2O2. The molecule has 104 valence electrons. The van der Waals surface area contributed by atoms with Gasteiger partial charge in [0.1, 0.15) is 11.7 Å². The maximum atomic E-state index is 13.4. The molecule has 0 radical (unpaired) electrons. The molecule has 0 aliphatic heterocycles. The Morgan fingerprint density at radius 2 is 1.32 bits per heavy atom. The zero-order valence-corrected chi connectivity index (χ0v) is 11.0. The van der Waals surface area contributed by atoms with Crippen LogP contribution in [0.4, 0.5) is 8.78 Å². The second kappa shape index (κ2) is 4.39. The van der Waals surface area contributed by atoms with Crippen molar-refractivity contribution in [2.45, 2.75) is 37.9 Å². The third-order valence-electron chi connectivity index (χ3n) is 4.34. The Kier molecular flexibility index (Phi) is 3.27. The molecule has 0 aromatic rings. The van der Waals surface area contributed by atoms with Crippen molar-refractivity contribution in [1.82, 2.24) is 0 Å². The van der Waals surface area contributed by atoms with Crippen molar-refractivity contribution < 1.29 is 19.0 Å². The average molecular weight is 268 g/mol. The van der Waals surface area contributed by atoms with Crippen molar-refractivity contribution in [2.75, 3.05) is 0 Å². The summed E-state index contributed by atoms with van der Waals surface area (Å²) in [7, 11) is 0. The monoisotopic (exact) mass is 268 g/mol. The molecule has 19 heavy (non-hydrogen) atoms. The first-order valence-electron chi connectivity index (χ1n) is 6.23. The van der Waals surface area contributed by atoms with Gasteiger partial charge in [-0.25, -0.2) is 8.78 Å². The first kappa shape index (κ1) is 14.2. The van der Waals surface area contributed by atoms with E-state index < -0.39 is 28.3 Å². The molecule has 2 aliphatic carbocycles. The molecule has 0 saturated heterocycles. The summed E-state index contributed by atoms with van der Waals surface area (Å²) in [4.78, 5) is 0. The van der Waals surface area contributed by atoms with E-state index in [2.05, 4.69) is 0 Å². The van der Waals surface area contributed by atoms with Gasteiger partial charge in [0.05, 0.1) is 11.2 Å². The lowest BCUT2D eigenvalue weighted by Crippen LogP contribution is -2.58. The quantitative estimate of drug-likeness (QED) is 0.808. The van der Waals surface area contributed by atoms with Gasteiger partial charge in [-0.2, -0.15) is 0 Å². The molecule has 0 saturated carbocycles. The minimum atomic E-state index is -1.57. The fourth-order valence-electron chi connectivity index (χ4n) is 2.61. The van der Waals surface area contributed by atoms with Gasteiger partial charge in [0.25, 0.3) is 0 Å². The Bertz CT molecular complexity index is 458. The molecule has 2 N–H and O–H groups in total. The van der Waals surface area contributed by atoms with E-state index in [0.717, 1.165) is 0 Å². The number of halogens is 2. The van der Waals surface area contributed by atoms with E-state index in [1.165, 1.54) is 36.5 Å². The normalized spacial score (nSPS) is 35.1. The summed E-state index contributed by atoms with van der Waals surface area (Å²) in [5, 5.41) is 21.3. The smallest absolute Gasteiger partial charge is 0.103 e. The Labute approximate surface area is 111 Å². The van der Waals surface area contributed by atoms with E-state index in [0.29, 0.717) is 0 Å². The number of allylic oxidation sites excluding steroid dienone is 4. The van der Waals surface area contributed by atoms with Crippen LogP contribution in [0, 0.1) is 5.41 Å². The second-order valence-corrected chi connectivity index (χ2v) is 5.77. The highest BCUT2D eigenvalue weighted by Gasteiger charge is 2.55. The first-order valence-corrected chi connectivity index (χ1v) is 6.23. The lowest BCUT2D eigenvalue weighted by atomic mass is 9.59. The van der Waals surface area contributed by atoms with Crippen LogP contribution in [-0.4, -0.2) is 21.4 Å². The molecule has 0 spiro atoms. The van der Waals surface area contributed by atoms with Crippen molar-refractivity contribution in [3.63, 3.8) is 0 Å². The van der Waals surface area contributed by atoms with Gasteiger partial charge in [0.15, 0.2) is 0 Å². The van der Waals surface area contributed by atoms with Crippen molar-refractivity contribution in [3.05, 3.63) is 48.1 Å². The van der Waals surface area contributed by atoms with Gasteiger partial charge in [-0.05, 0) is 12.2 Å². The van der Waals surface area contributed by atoms with Crippen molar-refractivity contribution in [1.29, 1.82) is 0 Å². The zero-order chi connectivity index (χ0) is 14.3. The van der Waals surface area contributed by atoms with Crippen molar-refractivity contribution in [3.8, 4) is 0 Å². The van der Waals surface area contributed by atoms with Crippen LogP contribution in [0.1, 0.15) is 26.7 Å². The number of rotatable bonds is 2. The Balaban J connectivity index is 2.38. The molecule has 2 rings (SSSR count). The van der Waals surface area contributed by atoms with Gasteiger partial charge in [-0.1, -0.05) is 38.2 Å². The number of hydrogen-bond acceptors (Lipinski definition) is 2. The van der Waals surface area contributed by atoms with Crippen molar-refractivity contribution in [2.24, 2.45) is 5.41 Å². The molecule has 4 heteroatoms.